The number of H-pyrrole nitrogens is 1. The van der Waals surface area contributed by atoms with E-state index in [9.17, 15) is 9.59 Å². The van der Waals surface area contributed by atoms with E-state index >= 15 is 0 Å². The van der Waals surface area contributed by atoms with Crippen LogP contribution in [-0.2, 0) is 11.2 Å². The third kappa shape index (κ3) is 5.68. The molecule has 3 heterocycles. The van der Waals surface area contributed by atoms with Gasteiger partial charge in [0.15, 0.2) is 0 Å². The van der Waals surface area contributed by atoms with Gasteiger partial charge in [0.25, 0.3) is 5.91 Å². The van der Waals surface area contributed by atoms with E-state index in [1.54, 1.807) is 0 Å². The minimum Gasteiger partial charge on any atom is -0.491 e. The molecule has 3 aromatic rings. The number of hydrogen-bond acceptors (Lipinski definition) is 3. The number of rotatable bonds is 3. The molecular weight excluding hydrogens is 462 g/mol. The number of ether oxygens (including phenoxy) is 1. The molecule has 1 fully saturated rings. The standard InChI is InChI=1S/C31H39N3O3/c1-22(2)19-25-21-37-28-13-6-4-9-23(28)10-7-8-14-31(30(36)32-25)15-17-34(18-16-31)29(35)27-20-24-11-3-5-12-26(24)33-27/h3-6,9,11-13,20,22,25,33H,7-8,10,14-19,21H2,1-2H3,(H,32,36)/t25-/m0/s1. The van der Waals surface area contributed by atoms with Gasteiger partial charge in [-0.1, -0.05) is 56.7 Å². The molecule has 6 nitrogen and oxygen atoms in total. The molecule has 0 unspecified atom stereocenters. The summed E-state index contributed by atoms with van der Waals surface area (Å²) in [5.74, 6) is 1.53. The lowest BCUT2D eigenvalue weighted by Crippen LogP contribution is -2.53. The Morgan fingerprint density at radius 3 is 2.59 bits per heavy atom. The van der Waals surface area contributed by atoms with E-state index in [4.69, 9.17) is 4.74 Å². The van der Waals surface area contributed by atoms with Crippen molar-refractivity contribution in [2.24, 2.45) is 11.3 Å². The maximum Gasteiger partial charge on any atom is 0.270 e. The van der Waals surface area contributed by atoms with Gasteiger partial charge < -0.3 is 19.9 Å². The quantitative estimate of drug-likeness (QED) is 0.482. The Hall–Kier alpha value is -3.28. The highest BCUT2D eigenvalue weighted by atomic mass is 16.5. The number of carbonyl (C=O) groups excluding carboxylic acids is 2. The summed E-state index contributed by atoms with van der Waals surface area (Å²) in [6.45, 7) is 6.02. The van der Waals surface area contributed by atoms with Crippen LogP contribution in [0.3, 0.4) is 0 Å². The van der Waals surface area contributed by atoms with Crippen LogP contribution in [0.25, 0.3) is 10.9 Å². The molecule has 37 heavy (non-hydrogen) atoms. The molecule has 2 amide bonds. The summed E-state index contributed by atoms with van der Waals surface area (Å²) < 4.78 is 6.25. The Balaban J connectivity index is 1.31. The van der Waals surface area contributed by atoms with Gasteiger partial charge in [-0.15, -0.1) is 0 Å². The average Bonchev–Trinajstić information content (AvgIpc) is 3.34. The Labute approximate surface area is 219 Å². The van der Waals surface area contributed by atoms with Crippen LogP contribution >= 0.6 is 0 Å². The van der Waals surface area contributed by atoms with Crippen LogP contribution in [0.15, 0.2) is 54.6 Å². The minimum absolute atomic E-state index is 0.0160. The first-order valence-corrected chi connectivity index (χ1v) is 13.8. The summed E-state index contributed by atoms with van der Waals surface area (Å²) in [4.78, 5) is 32.3. The number of nitrogens with one attached hydrogen (secondary N) is 2. The second-order valence-corrected chi connectivity index (χ2v) is 11.3. The number of aromatic amines is 1. The van der Waals surface area contributed by atoms with Crippen molar-refractivity contribution >= 4 is 22.7 Å². The Morgan fingerprint density at radius 1 is 1.05 bits per heavy atom. The highest BCUT2D eigenvalue weighted by Gasteiger charge is 2.42. The van der Waals surface area contributed by atoms with Crippen LogP contribution in [0.1, 0.15) is 68.4 Å². The van der Waals surface area contributed by atoms with Gasteiger partial charge in [0.1, 0.15) is 18.1 Å². The SMILES string of the molecule is CC(C)C[C@H]1COc2ccccc2CCCCC2(CCN(C(=O)c3cc4ccccc4[nH]3)CC2)C(=O)N1. The number of benzene rings is 2. The zero-order valence-corrected chi connectivity index (χ0v) is 22.1. The number of para-hydroxylation sites is 2. The molecule has 1 atom stereocenters. The van der Waals surface area contributed by atoms with Gasteiger partial charge in [-0.25, -0.2) is 0 Å². The fraction of sp³-hybridized carbons (Fsp3) is 0.484. The third-order valence-electron chi connectivity index (χ3n) is 8.11. The molecule has 0 aliphatic carbocycles. The molecule has 1 aromatic heterocycles. The van der Waals surface area contributed by atoms with Crippen molar-refractivity contribution < 1.29 is 14.3 Å². The first-order chi connectivity index (χ1) is 17.9. The van der Waals surface area contributed by atoms with Crippen molar-refractivity contribution in [1.29, 1.82) is 0 Å². The first kappa shape index (κ1) is 25.4. The molecule has 0 saturated carbocycles. The molecular formula is C31H39N3O3. The number of carbonyl (C=O) groups is 2. The van der Waals surface area contributed by atoms with Gasteiger partial charge in [-0.2, -0.15) is 0 Å². The topological polar surface area (TPSA) is 74.4 Å². The van der Waals surface area contributed by atoms with Gasteiger partial charge in [-0.05, 0) is 68.2 Å². The maximum absolute atomic E-state index is 13.8. The monoisotopic (exact) mass is 501 g/mol. The number of aromatic nitrogens is 1. The van der Waals surface area contributed by atoms with Crippen molar-refractivity contribution in [3.05, 3.63) is 65.9 Å². The van der Waals surface area contributed by atoms with Crippen LogP contribution < -0.4 is 10.1 Å². The van der Waals surface area contributed by atoms with Crippen molar-refractivity contribution in [3.8, 4) is 5.75 Å². The molecule has 1 spiro atoms. The summed E-state index contributed by atoms with van der Waals surface area (Å²) in [7, 11) is 0. The lowest BCUT2D eigenvalue weighted by Gasteiger charge is -2.41. The molecule has 0 radical (unpaired) electrons. The van der Waals surface area contributed by atoms with Crippen molar-refractivity contribution in [3.63, 3.8) is 0 Å². The van der Waals surface area contributed by atoms with Gasteiger partial charge >= 0.3 is 0 Å². The van der Waals surface area contributed by atoms with E-state index in [-0.39, 0.29) is 17.9 Å². The summed E-state index contributed by atoms with van der Waals surface area (Å²) >= 11 is 0. The summed E-state index contributed by atoms with van der Waals surface area (Å²) in [5.41, 5.74) is 2.39. The normalized spacial score (nSPS) is 20.6. The summed E-state index contributed by atoms with van der Waals surface area (Å²) in [6.07, 6.45) is 6.05. The Kier molecular flexibility index (Phi) is 7.54. The van der Waals surface area contributed by atoms with Gasteiger partial charge in [0.05, 0.1) is 11.5 Å². The highest BCUT2D eigenvalue weighted by molar-refractivity contribution is 5.98. The Morgan fingerprint density at radius 2 is 1.81 bits per heavy atom. The van der Waals surface area contributed by atoms with Gasteiger partial charge in [0.2, 0.25) is 5.91 Å². The van der Waals surface area contributed by atoms with E-state index in [0.717, 1.165) is 48.8 Å². The molecule has 2 aliphatic rings. The second-order valence-electron chi connectivity index (χ2n) is 11.3. The number of aryl methyl sites for hydroxylation is 1. The van der Waals surface area contributed by atoms with Gasteiger partial charge in [-0.3, -0.25) is 9.59 Å². The number of amides is 2. The van der Waals surface area contributed by atoms with E-state index in [2.05, 4.69) is 36.3 Å². The summed E-state index contributed by atoms with van der Waals surface area (Å²) in [6, 6.07) is 18.1. The van der Waals surface area contributed by atoms with E-state index in [1.807, 2.05) is 47.4 Å². The molecule has 2 aliphatic heterocycles. The Bertz CT molecular complexity index is 1210. The molecule has 2 N–H and O–H groups in total. The minimum atomic E-state index is -0.439. The molecule has 6 heteroatoms. The van der Waals surface area contributed by atoms with Crippen LogP contribution in [0.5, 0.6) is 5.75 Å². The number of fused-ring (bicyclic) bond motifs is 2. The van der Waals surface area contributed by atoms with E-state index in [0.29, 0.717) is 44.1 Å². The predicted octanol–water partition coefficient (Wildman–Crippen LogP) is 5.73. The number of likely N-dealkylation sites (tertiary alicyclic amines) is 1. The van der Waals surface area contributed by atoms with Crippen LogP contribution in [0.4, 0.5) is 0 Å². The van der Waals surface area contributed by atoms with Crippen molar-refractivity contribution in [2.75, 3.05) is 19.7 Å². The lowest BCUT2D eigenvalue weighted by atomic mass is 9.73. The predicted molar refractivity (Wildman–Crippen MR) is 147 cm³/mol. The van der Waals surface area contributed by atoms with Gasteiger partial charge in [0, 0.05) is 24.0 Å². The average molecular weight is 502 g/mol. The summed E-state index contributed by atoms with van der Waals surface area (Å²) in [5, 5.41) is 4.42. The molecule has 196 valence electrons. The second kappa shape index (κ2) is 11.0. The molecule has 1 saturated heterocycles. The molecule has 2 aromatic carbocycles. The van der Waals surface area contributed by atoms with E-state index in [1.165, 1.54) is 5.56 Å². The molecule has 5 rings (SSSR count). The fourth-order valence-electron chi connectivity index (χ4n) is 5.98. The van der Waals surface area contributed by atoms with Crippen molar-refractivity contribution in [2.45, 2.75) is 64.8 Å². The van der Waals surface area contributed by atoms with Crippen LogP contribution in [0.2, 0.25) is 0 Å². The van der Waals surface area contributed by atoms with Crippen LogP contribution in [-0.4, -0.2) is 47.4 Å². The maximum atomic E-state index is 13.8. The first-order valence-electron chi connectivity index (χ1n) is 13.8. The number of hydrogen-bond donors (Lipinski definition) is 2. The third-order valence-corrected chi connectivity index (χ3v) is 8.11. The van der Waals surface area contributed by atoms with E-state index < -0.39 is 5.41 Å². The fourth-order valence-corrected chi connectivity index (χ4v) is 5.98. The number of piperidine rings is 1. The largest absolute Gasteiger partial charge is 0.491 e. The number of nitrogens with zero attached hydrogens (tertiary/aromatic N) is 1. The lowest BCUT2D eigenvalue weighted by molar-refractivity contribution is -0.135. The zero-order valence-electron chi connectivity index (χ0n) is 22.1. The van der Waals surface area contributed by atoms with Crippen molar-refractivity contribution in [1.82, 2.24) is 15.2 Å². The zero-order chi connectivity index (χ0) is 25.8. The smallest absolute Gasteiger partial charge is 0.270 e. The highest BCUT2D eigenvalue weighted by Crippen LogP contribution is 2.38. The molecule has 0 bridgehead atoms. The van der Waals surface area contributed by atoms with Crippen LogP contribution in [0, 0.1) is 11.3 Å².